The van der Waals surface area contributed by atoms with Crippen molar-refractivity contribution >= 4 is 16.6 Å². The van der Waals surface area contributed by atoms with Crippen molar-refractivity contribution in [3.63, 3.8) is 0 Å². The van der Waals surface area contributed by atoms with Gasteiger partial charge < -0.3 is 13.6 Å². The lowest BCUT2D eigenvalue weighted by atomic mass is 10.0. The fourth-order valence-corrected chi connectivity index (χ4v) is 12.6. The van der Waals surface area contributed by atoms with Gasteiger partial charge in [-0.3, -0.25) is 0 Å². The van der Waals surface area contributed by atoms with Gasteiger partial charge in [0.2, 0.25) is 0 Å². The van der Waals surface area contributed by atoms with Gasteiger partial charge in [-0.15, -0.1) is 0 Å². The summed E-state index contributed by atoms with van der Waals surface area (Å²) in [6, 6.07) is 2.32. The van der Waals surface area contributed by atoms with Gasteiger partial charge >= 0.3 is 0 Å². The molecule has 0 aliphatic carbocycles. The number of epoxide rings is 2. The maximum atomic E-state index is 6.82. The normalized spacial score (nSPS) is 26.6. The molecular weight excluding hydrogens is 392 g/mol. The SMILES string of the molecule is CC(=CC[Si](C)(C)O[Si](C)(C)CCC(C)=CCC1OC1(C)C)CCC1OC1(C)C. The molecule has 5 heteroatoms. The van der Waals surface area contributed by atoms with Crippen LogP contribution in [0, 0.1) is 0 Å². The molecule has 0 aromatic carbocycles. The van der Waals surface area contributed by atoms with Crippen LogP contribution in [0.15, 0.2) is 23.3 Å². The smallest absolute Gasteiger partial charge is 0.177 e. The van der Waals surface area contributed by atoms with Crippen molar-refractivity contribution in [1.29, 1.82) is 0 Å². The van der Waals surface area contributed by atoms with Crippen molar-refractivity contribution in [3.05, 3.63) is 23.3 Å². The lowest BCUT2D eigenvalue weighted by Crippen LogP contribution is -2.43. The molecule has 29 heavy (non-hydrogen) atoms. The topological polar surface area (TPSA) is 34.3 Å². The van der Waals surface area contributed by atoms with E-state index in [1.807, 2.05) is 0 Å². The van der Waals surface area contributed by atoms with Gasteiger partial charge in [-0.05, 0) is 106 Å². The van der Waals surface area contributed by atoms with Crippen molar-refractivity contribution in [2.75, 3.05) is 0 Å². The van der Waals surface area contributed by atoms with E-state index in [0.717, 1.165) is 31.7 Å². The van der Waals surface area contributed by atoms with Crippen LogP contribution >= 0.6 is 0 Å². The number of hydrogen-bond donors (Lipinski definition) is 0. The van der Waals surface area contributed by atoms with Crippen molar-refractivity contribution < 1.29 is 13.6 Å². The summed E-state index contributed by atoms with van der Waals surface area (Å²) in [6.07, 6.45) is 10.2. The zero-order valence-corrected chi connectivity index (χ0v) is 22.8. The van der Waals surface area contributed by atoms with Gasteiger partial charge in [0.1, 0.15) is 0 Å². The summed E-state index contributed by atoms with van der Waals surface area (Å²) in [5, 5.41) is 0. The molecule has 0 spiro atoms. The van der Waals surface area contributed by atoms with Crippen molar-refractivity contribution in [1.82, 2.24) is 0 Å². The summed E-state index contributed by atoms with van der Waals surface area (Å²) in [5.74, 6) is 0. The number of allylic oxidation sites excluding steroid dienone is 3. The molecule has 0 radical (unpaired) electrons. The van der Waals surface area contributed by atoms with E-state index in [2.05, 4.69) is 79.9 Å². The molecule has 2 aliphatic heterocycles. The van der Waals surface area contributed by atoms with Crippen molar-refractivity contribution in [2.24, 2.45) is 0 Å². The molecule has 3 nitrogen and oxygen atoms in total. The Morgan fingerprint density at radius 1 is 0.828 bits per heavy atom. The van der Waals surface area contributed by atoms with Crippen LogP contribution in [0.5, 0.6) is 0 Å². The Bertz CT molecular complexity index is 632. The molecule has 2 atom stereocenters. The highest BCUT2D eigenvalue weighted by Gasteiger charge is 2.47. The molecular formula is C24H46O3Si2. The van der Waals surface area contributed by atoms with Crippen molar-refractivity contribution in [3.8, 4) is 0 Å². The third kappa shape index (κ3) is 8.82. The minimum atomic E-state index is -1.67. The molecule has 0 N–H and O–H groups in total. The van der Waals surface area contributed by atoms with Crippen LogP contribution in [0.2, 0.25) is 38.3 Å². The van der Waals surface area contributed by atoms with E-state index in [1.54, 1.807) is 0 Å². The Balaban J connectivity index is 1.72. The maximum Gasteiger partial charge on any atom is 0.177 e. The van der Waals surface area contributed by atoms with Gasteiger partial charge in [-0.1, -0.05) is 23.3 Å². The van der Waals surface area contributed by atoms with Gasteiger partial charge in [-0.25, -0.2) is 0 Å². The number of ether oxygens (including phenoxy) is 2. The van der Waals surface area contributed by atoms with Crippen LogP contribution in [0.25, 0.3) is 0 Å². The minimum absolute atomic E-state index is 0.0943. The molecule has 0 bridgehead atoms. The van der Waals surface area contributed by atoms with E-state index in [1.165, 1.54) is 17.2 Å². The van der Waals surface area contributed by atoms with E-state index in [9.17, 15) is 0 Å². The fraction of sp³-hybridized carbons (Fsp3) is 0.833. The molecule has 2 aliphatic rings. The largest absolute Gasteiger partial charge is 0.455 e. The zero-order chi connectivity index (χ0) is 22.1. The second-order valence-corrected chi connectivity index (χ2v) is 20.4. The fourth-order valence-electron chi connectivity index (χ4n) is 4.03. The highest BCUT2D eigenvalue weighted by Crippen LogP contribution is 2.39. The van der Waals surface area contributed by atoms with E-state index in [-0.39, 0.29) is 11.2 Å². The average molecular weight is 439 g/mol. The van der Waals surface area contributed by atoms with E-state index in [0.29, 0.717) is 12.2 Å². The zero-order valence-electron chi connectivity index (χ0n) is 20.8. The Hall–Kier alpha value is -0.206. The van der Waals surface area contributed by atoms with Gasteiger partial charge in [0, 0.05) is 0 Å². The van der Waals surface area contributed by atoms with E-state index in [4.69, 9.17) is 13.6 Å². The van der Waals surface area contributed by atoms with Gasteiger partial charge in [0.15, 0.2) is 16.6 Å². The standard InChI is InChI=1S/C24H46O3Si2/c1-19(11-13-21-23(3,4)25-21)15-17-28(7,8)27-29(9,10)18-16-20(2)12-14-22-24(5,6)26-22/h11,16,21-22H,12-15,17-18H2,1-10H3. The maximum absolute atomic E-state index is 6.82. The Kier molecular flexibility index (Phi) is 7.87. The van der Waals surface area contributed by atoms with E-state index >= 15 is 0 Å². The predicted molar refractivity (Wildman–Crippen MR) is 130 cm³/mol. The second kappa shape index (κ2) is 9.11. The van der Waals surface area contributed by atoms with Gasteiger partial charge in [0.25, 0.3) is 0 Å². The molecule has 0 amide bonds. The molecule has 168 valence electrons. The van der Waals surface area contributed by atoms with Crippen molar-refractivity contribution in [2.45, 2.75) is 129 Å². The first kappa shape index (κ1) is 25.1. The summed E-state index contributed by atoms with van der Waals surface area (Å²) in [4.78, 5) is 0. The first-order valence-corrected chi connectivity index (χ1v) is 17.7. The summed E-state index contributed by atoms with van der Waals surface area (Å²) in [6.45, 7) is 22.8. The predicted octanol–water partition coefficient (Wildman–Crippen LogP) is 7.22. The minimum Gasteiger partial charge on any atom is -0.455 e. The molecule has 0 aromatic heterocycles. The van der Waals surface area contributed by atoms with Gasteiger partial charge in [-0.2, -0.15) is 0 Å². The van der Waals surface area contributed by atoms with Crippen LogP contribution in [-0.4, -0.2) is 40.0 Å². The van der Waals surface area contributed by atoms with Crippen LogP contribution in [-0.2, 0) is 13.6 Å². The molecule has 0 saturated carbocycles. The molecule has 2 saturated heterocycles. The lowest BCUT2D eigenvalue weighted by molar-refractivity contribution is 0.320. The summed E-state index contributed by atoms with van der Waals surface area (Å²) in [7, 11) is -3.32. The summed E-state index contributed by atoms with van der Waals surface area (Å²) >= 11 is 0. The summed E-state index contributed by atoms with van der Waals surface area (Å²) < 4.78 is 18.2. The monoisotopic (exact) mass is 438 g/mol. The van der Waals surface area contributed by atoms with E-state index < -0.39 is 16.6 Å². The molecule has 2 rings (SSSR count). The lowest BCUT2D eigenvalue weighted by Gasteiger charge is -2.34. The van der Waals surface area contributed by atoms with Crippen LogP contribution in [0.3, 0.4) is 0 Å². The number of hydrogen-bond acceptors (Lipinski definition) is 3. The molecule has 2 heterocycles. The Morgan fingerprint density at radius 3 is 1.86 bits per heavy atom. The first-order chi connectivity index (χ1) is 13.1. The first-order valence-electron chi connectivity index (χ1n) is 11.5. The van der Waals surface area contributed by atoms with Crippen LogP contribution in [0.1, 0.15) is 67.2 Å². The number of rotatable bonds is 12. The average Bonchev–Trinajstić information content (AvgIpc) is 3.39. The molecule has 0 aromatic rings. The van der Waals surface area contributed by atoms with Crippen LogP contribution in [0.4, 0.5) is 0 Å². The molecule has 2 unspecified atom stereocenters. The highest BCUT2D eigenvalue weighted by molar-refractivity contribution is 6.85. The van der Waals surface area contributed by atoms with Crippen LogP contribution < -0.4 is 0 Å². The highest BCUT2D eigenvalue weighted by atomic mass is 28.4. The second-order valence-electron chi connectivity index (χ2n) is 11.6. The third-order valence-electron chi connectivity index (χ3n) is 6.43. The third-order valence-corrected chi connectivity index (χ3v) is 13.5. The molecule has 2 fully saturated rings. The van der Waals surface area contributed by atoms with Gasteiger partial charge in [0.05, 0.1) is 23.4 Å². The Labute approximate surface area is 182 Å². The summed E-state index contributed by atoms with van der Waals surface area (Å²) in [5.41, 5.74) is 3.18. The quantitative estimate of drug-likeness (QED) is 0.183. The Morgan fingerprint density at radius 2 is 1.34 bits per heavy atom.